The van der Waals surface area contributed by atoms with Gasteiger partial charge in [0.15, 0.2) is 16.6 Å². The van der Waals surface area contributed by atoms with Gasteiger partial charge in [-0.3, -0.25) is 4.79 Å². The number of carbonyl (C=O) groups is 1. The van der Waals surface area contributed by atoms with Crippen LogP contribution in [0.25, 0.3) is 0 Å². The Balaban J connectivity index is 1.89. The molecule has 3 saturated carbocycles. The maximum atomic E-state index is 12.3. The Labute approximate surface area is 212 Å². The molecule has 0 radical (unpaired) electrons. The van der Waals surface area contributed by atoms with E-state index in [2.05, 4.69) is 79.6 Å². The van der Waals surface area contributed by atoms with Crippen LogP contribution in [0.5, 0.6) is 0 Å². The maximum Gasteiger partial charge on any atom is 0.193 e. The fourth-order valence-electron chi connectivity index (χ4n) is 5.40. The summed E-state index contributed by atoms with van der Waals surface area (Å²) in [6.07, 6.45) is 9.20. The molecule has 34 heavy (non-hydrogen) atoms. The molecule has 5 atom stereocenters. The summed E-state index contributed by atoms with van der Waals surface area (Å²) in [6, 6.07) is 0. The Hall–Kier alpha value is -0.416. The third kappa shape index (κ3) is 6.10. The van der Waals surface area contributed by atoms with Gasteiger partial charge >= 0.3 is 0 Å². The molecule has 3 nitrogen and oxygen atoms in total. The second kappa shape index (κ2) is 10.2. The molecule has 0 spiro atoms. The molecule has 3 fully saturated rings. The Morgan fingerprint density at radius 2 is 1.44 bits per heavy atom. The van der Waals surface area contributed by atoms with Crippen LogP contribution >= 0.6 is 0 Å². The molecule has 0 aliphatic heterocycles. The number of carbonyl (C=O) groups excluding carboxylic acids is 1. The minimum atomic E-state index is -1.93. The second-order valence-corrected chi connectivity index (χ2v) is 24.0. The summed E-state index contributed by atoms with van der Waals surface area (Å²) < 4.78 is 14.0. The largest absolute Gasteiger partial charge is 0.413 e. The first-order valence-electron chi connectivity index (χ1n) is 13.9. The lowest BCUT2D eigenvalue weighted by Crippen LogP contribution is -2.54. The lowest BCUT2D eigenvalue weighted by atomic mass is 9.59. The first-order valence-corrected chi connectivity index (χ1v) is 19.7. The fourth-order valence-corrected chi connectivity index (χ4v) is 8.01. The highest BCUT2D eigenvalue weighted by Crippen LogP contribution is 2.49. The molecule has 0 aromatic heterocycles. The van der Waals surface area contributed by atoms with Crippen LogP contribution in [0.1, 0.15) is 92.9 Å². The topological polar surface area (TPSA) is 35.5 Å². The average Bonchev–Trinajstić information content (AvgIpc) is 2.70. The van der Waals surface area contributed by atoms with Gasteiger partial charge in [0.1, 0.15) is 11.9 Å². The van der Waals surface area contributed by atoms with Gasteiger partial charge in [-0.25, -0.2) is 0 Å². The maximum absolute atomic E-state index is 12.3. The van der Waals surface area contributed by atoms with Crippen LogP contribution in [0.15, 0.2) is 0 Å². The molecule has 0 unspecified atom stereocenters. The number of rotatable bonds is 5. The minimum absolute atomic E-state index is 0.0193. The lowest BCUT2D eigenvalue weighted by Gasteiger charge is -2.49. The number of Topliss-reactive ketones (excluding diaryl/α,β-unsaturated/α-hetero) is 1. The summed E-state index contributed by atoms with van der Waals surface area (Å²) in [5, 5.41) is 0.346. The molecule has 0 N–H and O–H groups in total. The smallest absolute Gasteiger partial charge is 0.193 e. The summed E-state index contributed by atoms with van der Waals surface area (Å²) in [5.41, 5.74) is 0. The van der Waals surface area contributed by atoms with Crippen molar-refractivity contribution in [2.24, 2.45) is 23.7 Å². The van der Waals surface area contributed by atoms with Crippen molar-refractivity contribution >= 4 is 22.4 Å². The number of ketones is 1. The van der Waals surface area contributed by atoms with E-state index in [-0.39, 0.29) is 34.1 Å². The summed E-state index contributed by atoms with van der Waals surface area (Å²) in [4.78, 5) is 12.3. The molecular formula is C29H52O3Si2. The van der Waals surface area contributed by atoms with Gasteiger partial charge in [0.2, 0.25) is 0 Å². The SMILES string of the molecule is CC(C)(C)[Si](C)(C)O[C@H](C#C[C@@H]1[C@@H]2CC(=O)[C@H]2CC[C@H]1O[Si](C)(C)C(C)(C)C)C1CCCCC1. The van der Waals surface area contributed by atoms with Gasteiger partial charge in [-0.2, -0.15) is 0 Å². The van der Waals surface area contributed by atoms with Crippen LogP contribution in [-0.4, -0.2) is 34.6 Å². The van der Waals surface area contributed by atoms with Crippen molar-refractivity contribution in [1.29, 1.82) is 0 Å². The van der Waals surface area contributed by atoms with E-state index in [1.54, 1.807) is 0 Å². The first kappa shape index (κ1) is 28.2. The highest BCUT2D eigenvalue weighted by Gasteiger charge is 2.52. The van der Waals surface area contributed by atoms with Crippen molar-refractivity contribution in [3.05, 3.63) is 0 Å². The van der Waals surface area contributed by atoms with E-state index >= 15 is 0 Å². The predicted molar refractivity (Wildman–Crippen MR) is 148 cm³/mol. The summed E-state index contributed by atoms with van der Waals surface area (Å²) in [6.45, 7) is 23.3. The summed E-state index contributed by atoms with van der Waals surface area (Å²) in [5.74, 6) is 9.24. The highest BCUT2D eigenvalue weighted by atomic mass is 28.4. The van der Waals surface area contributed by atoms with E-state index < -0.39 is 16.6 Å². The van der Waals surface area contributed by atoms with Crippen molar-refractivity contribution in [3.63, 3.8) is 0 Å². The Morgan fingerprint density at radius 1 is 0.853 bits per heavy atom. The molecule has 0 heterocycles. The number of fused-ring (bicyclic) bond motifs is 1. The zero-order valence-electron chi connectivity index (χ0n) is 23.8. The Bertz CT molecular complexity index is 787. The molecule has 0 aromatic carbocycles. The normalized spacial score (nSPS) is 30.1. The van der Waals surface area contributed by atoms with Crippen LogP contribution in [0.2, 0.25) is 36.3 Å². The van der Waals surface area contributed by atoms with Gasteiger partial charge < -0.3 is 8.85 Å². The summed E-state index contributed by atoms with van der Waals surface area (Å²) in [7, 11) is -3.83. The van der Waals surface area contributed by atoms with Crippen molar-refractivity contribution in [2.45, 2.75) is 141 Å². The lowest BCUT2D eigenvalue weighted by molar-refractivity contribution is -0.141. The molecule has 0 amide bonds. The standard InChI is InChI=1S/C29H52O3Si2/c1-28(2,3)33(7,8)31-26(21-14-12-11-13-15-21)18-17-23-24-20-25(30)22(24)16-19-27(23)32-34(9,10)29(4,5)6/h21-24,26-27H,11-16,19-20H2,1-10H3/t22-,23+,24+,26+,27+/m0/s1. The molecule has 3 aliphatic carbocycles. The third-order valence-corrected chi connectivity index (χ3v) is 18.9. The monoisotopic (exact) mass is 504 g/mol. The van der Waals surface area contributed by atoms with Gasteiger partial charge in [0, 0.05) is 18.3 Å². The van der Waals surface area contributed by atoms with E-state index in [9.17, 15) is 4.79 Å². The van der Waals surface area contributed by atoms with Crippen LogP contribution in [0.4, 0.5) is 0 Å². The van der Waals surface area contributed by atoms with Crippen LogP contribution < -0.4 is 0 Å². The van der Waals surface area contributed by atoms with Crippen molar-refractivity contribution < 1.29 is 13.6 Å². The minimum Gasteiger partial charge on any atom is -0.413 e. The molecule has 0 bridgehead atoms. The van der Waals surface area contributed by atoms with E-state index in [0.29, 0.717) is 24.0 Å². The molecule has 0 saturated heterocycles. The number of hydrogen-bond donors (Lipinski definition) is 0. The Kier molecular flexibility index (Phi) is 8.41. The third-order valence-electron chi connectivity index (χ3n) is 9.94. The Morgan fingerprint density at radius 3 is 1.97 bits per heavy atom. The summed E-state index contributed by atoms with van der Waals surface area (Å²) >= 11 is 0. The van der Waals surface area contributed by atoms with Crippen LogP contribution in [0.3, 0.4) is 0 Å². The van der Waals surface area contributed by atoms with Gasteiger partial charge in [-0.15, -0.1) is 0 Å². The predicted octanol–water partition coefficient (Wildman–Crippen LogP) is 7.97. The molecule has 3 rings (SSSR count). The van der Waals surface area contributed by atoms with Crippen molar-refractivity contribution in [3.8, 4) is 11.8 Å². The first-order chi connectivity index (χ1) is 15.5. The van der Waals surface area contributed by atoms with Crippen molar-refractivity contribution in [1.82, 2.24) is 0 Å². The van der Waals surface area contributed by atoms with Gasteiger partial charge in [-0.1, -0.05) is 72.6 Å². The van der Waals surface area contributed by atoms with Gasteiger partial charge in [0.25, 0.3) is 0 Å². The molecule has 3 aliphatic rings. The molecule has 5 heteroatoms. The zero-order chi connectivity index (χ0) is 25.5. The van der Waals surface area contributed by atoms with E-state index in [4.69, 9.17) is 8.85 Å². The van der Waals surface area contributed by atoms with Crippen molar-refractivity contribution in [2.75, 3.05) is 0 Å². The zero-order valence-corrected chi connectivity index (χ0v) is 25.8. The van der Waals surface area contributed by atoms with Crippen LogP contribution in [0, 0.1) is 35.5 Å². The second-order valence-electron chi connectivity index (χ2n) is 14.4. The molecule has 194 valence electrons. The van der Waals surface area contributed by atoms with Gasteiger partial charge in [0.05, 0.1) is 6.10 Å². The van der Waals surface area contributed by atoms with E-state index in [0.717, 1.165) is 12.8 Å². The average molecular weight is 505 g/mol. The molecular weight excluding hydrogens is 452 g/mol. The van der Waals surface area contributed by atoms with Crippen LogP contribution in [-0.2, 0) is 13.6 Å². The quantitative estimate of drug-likeness (QED) is 0.281. The van der Waals surface area contributed by atoms with E-state index in [1.807, 2.05) is 0 Å². The number of hydrogen-bond acceptors (Lipinski definition) is 3. The van der Waals surface area contributed by atoms with Gasteiger partial charge in [-0.05, 0) is 73.8 Å². The van der Waals surface area contributed by atoms with E-state index in [1.165, 1.54) is 32.1 Å². The fraction of sp³-hybridized carbons (Fsp3) is 0.897. The highest BCUT2D eigenvalue weighted by molar-refractivity contribution is 6.74. The molecule has 0 aromatic rings.